The van der Waals surface area contributed by atoms with Gasteiger partial charge in [0.15, 0.2) is 5.60 Å². The van der Waals surface area contributed by atoms with Gasteiger partial charge < -0.3 is 9.84 Å². The first kappa shape index (κ1) is 28.5. The molecule has 1 fully saturated rings. The molecule has 0 aromatic heterocycles. The standard InChI is InChI=1S/C35H34NO4P/c1-3-15-31-33(26(2)38)34(39)36(31)35(40-25-27-16-7-4-8-17-27)41(29-19-9-5-10-20-29,30-21-11-6-12-22-30)32-23-14-13-18-28(32)24-37/h3-14,16-23,26,31-33,38H,1,15,25H2,2H3. The van der Waals surface area contributed by atoms with Crippen LogP contribution in [0.3, 0.4) is 0 Å². The van der Waals surface area contributed by atoms with Crippen LogP contribution in [0, 0.1) is 5.92 Å². The highest BCUT2D eigenvalue weighted by Gasteiger charge is 2.54. The van der Waals surface area contributed by atoms with Gasteiger partial charge in [0, 0.05) is 18.1 Å². The number of allylic oxidation sites excluding steroid dienone is 5. The van der Waals surface area contributed by atoms with Gasteiger partial charge in [0.05, 0.1) is 24.7 Å². The molecule has 3 aromatic carbocycles. The smallest absolute Gasteiger partial charge is 0.236 e. The van der Waals surface area contributed by atoms with Gasteiger partial charge in [-0.1, -0.05) is 115 Å². The average Bonchev–Trinajstić information content (AvgIpc) is 3.01. The molecule has 4 unspecified atom stereocenters. The summed E-state index contributed by atoms with van der Waals surface area (Å²) < 4.78 is 6.88. The van der Waals surface area contributed by atoms with Crippen molar-refractivity contribution < 1.29 is 19.4 Å². The first-order chi connectivity index (χ1) is 20.0. The molecule has 1 saturated heterocycles. The molecular weight excluding hydrogens is 529 g/mol. The Labute approximate surface area is 241 Å². The molecule has 41 heavy (non-hydrogen) atoms. The van der Waals surface area contributed by atoms with E-state index >= 15 is 0 Å². The molecule has 1 aliphatic carbocycles. The molecule has 4 atom stereocenters. The van der Waals surface area contributed by atoms with Crippen LogP contribution in [0.15, 0.2) is 134 Å². The molecule has 0 spiro atoms. The van der Waals surface area contributed by atoms with Crippen molar-refractivity contribution in [2.45, 2.75) is 37.8 Å². The maximum atomic E-state index is 14.0. The SMILES string of the molecule is C=CCC1C(C(C)O)C(=O)N1C(OCc1ccccc1)=P(c1ccccc1)(c1ccccc1)C1C=CC=CC1=C=O. The maximum absolute atomic E-state index is 14.0. The molecule has 0 saturated carbocycles. The number of hydrogen-bond donors (Lipinski definition) is 1. The van der Waals surface area contributed by atoms with Gasteiger partial charge in [0.25, 0.3) is 0 Å². The second-order valence-electron chi connectivity index (χ2n) is 10.3. The number of carbonyl (C=O) groups excluding carboxylic acids is 2. The Morgan fingerprint density at radius 3 is 2.12 bits per heavy atom. The second-order valence-corrected chi connectivity index (χ2v) is 13.7. The summed E-state index contributed by atoms with van der Waals surface area (Å²) in [6.45, 7) is 2.90. The summed E-state index contributed by atoms with van der Waals surface area (Å²) in [7, 11) is 0. The van der Waals surface area contributed by atoms with Crippen LogP contribution >= 0.6 is 6.89 Å². The number of rotatable bonds is 10. The number of nitrogens with zero attached hydrogens (tertiary/aromatic N) is 1. The molecule has 0 bridgehead atoms. The van der Waals surface area contributed by atoms with Crippen LogP contribution in [-0.2, 0) is 20.9 Å². The molecule has 1 amide bonds. The van der Waals surface area contributed by atoms with Crippen molar-refractivity contribution in [3.63, 3.8) is 0 Å². The average molecular weight is 564 g/mol. The van der Waals surface area contributed by atoms with E-state index in [9.17, 15) is 14.7 Å². The van der Waals surface area contributed by atoms with E-state index < -0.39 is 24.6 Å². The van der Waals surface area contributed by atoms with Gasteiger partial charge in [-0.3, -0.25) is 9.69 Å². The highest BCUT2D eigenvalue weighted by molar-refractivity contribution is 7.90. The van der Waals surface area contributed by atoms with Gasteiger partial charge in [0.2, 0.25) is 5.91 Å². The number of likely N-dealkylation sites (tertiary alicyclic amines) is 1. The number of ether oxygens (including phenoxy) is 1. The van der Waals surface area contributed by atoms with Gasteiger partial charge in [-0.2, -0.15) is 0 Å². The van der Waals surface area contributed by atoms with E-state index in [-0.39, 0.29) is 18.6 Å². The Morgan fingerprint density at radius 1 is 1.00 bits per heavy atom. The lowest BCUT2D eigenvalue weighted by atomic mass is 9.82. The molecule has 1 aliphatic heterocycles. The summed E-state index contributed by atoms with van der Waals surface area (Å²) in [5.41, 5.74) is 1.54. The fourth-order valence-corrected chi connectivity index (χ4v) is 10.6. The first-order valence-electron chi connectivity index (χ1n) is 13.8. The van der Waals surface area contributed by atoms with Crippen LogP contribution in [0.25, 0.3) is 0 Å². The minimum absolute atomic E-state index is 0.196. The zero-order valence-corrected chi connectivity index (χ0v) is 23.9. The van der Waals surface area contributed by atoms with Crippen LogP contribution in [0.1, 0.15) is 18.9 Å². The van der Waals surface area contributed by atoms with Crippen molar-refractivity contribution in [1.82, 2.24) is 4.90 Å². The summed E-state index contributed by atoms with van der Waals surface area (Å²) in [5, 5.41) is 12.6. The third-order valence-electron chi connectivity index (χ3n) is 7.78. The third kappa shape index (κ3) is 5.26. The van der Waals surface area contributed by atoms with Crippen molar-refractivity contribution in [2.24, 2.45) is 5.92 Å². The summed E-state index contributed by atoms with van der Waals surface area (Å²) >= 11 is 0. The van der Waals surface area contributed by atoms with Gasteiger partial charge in [-0.05, 0) is 35.6 Å². The van der Waals surface area contributed by atoms with Gasteiger partial charge in [-0.15, -0.1) is 6.58 Å². The highest BCUT2D eigenvalue weighted by atomic mass is 31.2. The van der Waals surface area contributed by atoms with Gasteiger partial charge >= 0.3 is 0 Å². The Hall–Kier alpha value is -3.98. The van der Waals surface area contributed by atoms with Crippen molar-refractivity contribution in [3.05, 3.63) is 139 Å². The van der Waals surface area contributed by atoms with Gasteiger partial charge in [0.1, 0.15) is 5.94 Å². The van der Waals surface area contributed by atoms with Gasteiger partial charge in [-0.25, -0.2) is 4.79 Å². The number of β-lactam (4-membered cyclic amide) rings is 1. The van der Waals surface area contributed by atoms with E-state index in [0.717, 1.165) is 16.2 Å². The summed E-state index contributed by atoms with van der Waals surface area (Å²) in [6.07, 6.45) is 9.04. The van der Waals surface area contributed by atoms with Crippen LogP contribution in [0.4, 0.5) is 0 Å². The minimum Gasteiger partial charge on any atom is -0.393 e. The maximum Gasteiger partial charge on any atom is 0.236 e. The van der Waals surface area contributed by atoms with Crippen LogP contribution in [0.2, 0.25) is 0 Å². The van der Waals surface area contributed by atoms with Crippen LogP contribution in [-0.4, -0.2) is 45.3 Å². The topological polar surface area (TPSA) is 66.8 Å². The van der Waals surface area contributed by atoms with E-state index in [1.54, 1.807) is 24.0 Å². The molecular formula is C35H34NO4P. The Balaban J connectivity index is 1.91. The number of hydrogen-bond acceptors (Lipinski definition) is 4. The lowest BCUT2D eigenvalue weighted by Crippen LogP contribution is -2.67. The number of carbonyl (C=O) groups is 1. The van der Waals surface area contributed by atoms with E-state index in [0.29, 0.717) is 17.6 Å². The Morgan fingerprint density at radius 2 is 1.59 bits per heavy atom. The molecule has 5 rings (SSSR count). The van der Waals surface area contributed by atoms with Crippen LogP contribution < -0.4 is 10.6 Å². The van der Waals surface area contributed by atoms with Crippen molar-refractivity contribution in [1.29, 1.82) is 0 Å². The lowest BCUT2D eigenvalue weighted by molar-refractivity contribution is -0.156. The monoisotopic (exact) mass is 563 g/mol. The van der Waals surface area contributed by atoms with E-state index in [2.05, 4.69) is 36.8 Å². The quantitative estimate of drug-likeness (QED) is 0.163. The number of amides is 1. The predicted molar refractivity (Wildman–Crippen MR) is 167 cm³/mol. The molecule has 0 radical (unpaired) electrons. The normalized spacial score (nSPS) is 20.7. The lowest BCUT2D eigenvalue weighted by Gasteiger charge is -2.51. The highest BCUT2D eigenvalue weighted by Crippen LogP contribution is 2.57. The zero-order chi connectivity index (χ0) is 28.8. The molecule has 3 aromatic rings. The fourth-order valence-electron chi connectivity index (χ4n) is 5.92. The molecule has 1 heterocycles. The van der Waals surface area contributed by atoms with Crippen molar-refractivity contribution in [3.8, 4) is 0 Å². The molecule has 5 nitrogen and oxygen atoms in total. The largest absolute Gasteiger partial charge is 0.393 e. The summed E-state index contributed by atoms with van der Waals surface area (Å²) in [5.74, 6) is 1.43. The summed E-state index contributed by atoms with van der Waals surface area (Å²) in [4.78, 5) is 28.3. The number of aliphatic hydroxyl groups is 1. The molecule has 208 valence electrons. The molecule has 1 N–H and O–H groups in total. The Kier molecular flexibility index (Phi) is 8.83. The fraction of sp³-hybridized carbons (Fsp3) is 0.200. The molecule has 2 aliphatic rings. The van der Waals surface area contributed by atoms with E-state index in [4.69, 9.17) is 4.74 Å². The van der Waals surface area contributed by atoms with E-state index in [1.165, 1.54) is 0 Å². The summed E-state index contributed by atoms with van der Waals surface area (Å²) in [6, 6.07) is 29.5. The number of aliphatic hydroxyl groups excluding tert-OH is 1. The number of benzene rings is 3. The first-order valence-corrected chi connectivity index (χ1v) is 15.7. The second kappa shape index (κ2) is 12.7. The van der Waals surface area contributed by atoms with Crippen LogP contribution in [0.5, 0.6) is 0 Å². The minimum atomic E-state index is -2.93. The predicted octanol–water partition coefficient (Wildman–Crippen LogP) is 5.00. The van der Waals surface area contributed by atoms with Crippen molar-refractivity contribution >= 4 is 34.9 Å². The zero-order valence-electron chi connectivity index (χ0n) is 23.0. The van der Waals surface area contributed by atoms with E-state index in [1.807, 2.05) is 85.0 Å². The molecule has 6 heteroatoms. The van der Waals surface area contributed by atoms with Crippen molar-refractivity contribution in [2.75, 3.05) is 0 Å². The Bertz CT molecular complexity index is 1510. The third-order valence-corrected chi connectivity index (χ3v) is 12.2.